The Morgan fingerprint density at radius 3 is 2.65 bits per heavy atom. The number of nitrogens with zero attached hydrogens (tertiary/aromatic N) is 1. The first-order valence-electron chi connectivity index (χ1n) is 6.88. The van der Waals surface area contributed by atoms with E-state index in [2.05, 4.69) is 0 Å². The van der Waals surface area contributed by atoms with Crippen molar-refractivity contribution in [2.45, 2.75) is 43.9 Å². The van der Waals surface area contributed by atoms with Crippen molar-refractivity contribution in [3.05, 3.63) is 24.2 Å². The molecule has 1 aromatic rings. The lowest BCUT2D eigenvalue weighted by molar-refractivity contribution is -0.143. The predicted octanol–water partition coefficient (Wildman–Crippen LogP) is 1.87. The fraction of sp³-hybridized carbons (Fsp3) is 0.571. The lowest BCUT2D eigenvalue weighted by atomic mass is 9.90. The highest BCUT2D eigenvalue weighted by Crippen LogP contribution is 2.41. The summed E-state index contributed by atoms with van der Waals surface area (Å²) < 4.78 is 10.9. The molecule has 1 atom stereocenters. The highest BCUT2D eigenvalue weighted by molar-refractivity contribution is 5.95. The van der Waals surface area contributed by atoms with E-state index in [0.717, 1.165) is 19.3 Å². The van der Waals surface area contributed by atoms with E-state index in [4.69, 9.17) is 9.15 Å². The Balaban J connectivity index is 1.95. The Bertz CT molecular complexity index is 504. The van der Waals surface area contributed by atoms with Crippen molar-refractivity contribution in [1.29, 1.82) is 0 Å². The number of aliphatic carboxylic acids is 1. The number of ether oxygens (including phenoxy) is 1. The Morgan fingerprint density at radius 1 is 1.30 bits per heavy atom. The van der Waals surface area contributed by atoms with E-state index < -0.39 is 23.6 Å². The molecule has 1 spiro atoms. The van der Waals surface area contributed by atoms with Gasteiger partial charge in [-0.1, -0.05) is 6.42 Å². The zero-order chi connectivity index (χ0) is 14.2. The van der Waals surface area contributed by atoms with Crippen molar-refractivity contribution < 1.29 is 23.8 Å². The summed E-state index contributed by atoms with van der Waals surface area (Å²) in [6.07, 6.45) is 5.74. The fourth-order valence-corrected chi connectivity index (χ4v) is 3.18. The van der Waals surface area contributed by atoms with Gasteiger partial charge in [-0.05, 0) is 37.8 Å². The largest absolute Gasteiger partial charge is 0.480 e. The molecule has 108 valence electrons. The second-order valence-corrected chi connectivity index (χ2v) is 5.32. The molecular formula is C14H17NO5. The average molecular weight is 279 g/mol. The molecular weight excluding hydrogens is 262 g/mol. The maximum absolute atomic E-state index is 12.6. The molecule has 0 aromatic carbocycles. The summed E-state index contributed by atoms with van der Waals surface area (Å²) in [6, 6.07) is 2.23. The van der Waals surface area contributed by atoms with Crippen LogP contribution in [0.2, 0.25) is 0 Å². The molecule has 6 nitrogen and oxygen atoms in total. The second kappa shape index (κ2) is 4.94. The summed E-state index contributed by atoms with van der Waals surface area (Å²) in [5.41, 5.74) is -0.773. The van der Waals surface area contributed by atoms with Crippen LogP contribution >= 0.6 is 0 Å². The highest BCUT2D eigenvalue weighted by atomic mass is 16.5. The standard InChI is InChI=1S/C14H17NO5/c16-12(11-5-4-8-19-11)15-10(13(17)18)9-20-14(15)6-2-1-3-7-14/h4-5,8,10H,1-3,6-7,9H2,(H,17,18)/t10-/m0/s1. The monoisotopic (exact) mass is 279 g/mol. The van der Waals surface area contributed by atoms with E-state index in [0.29, 0.717) is 12.8 Å². The SMILES string of the molecule is O=C(O)[C@@H]1COC2(CCCCC2)N1C(=O)c1ccco1. The van der Waals surface area contributed by atoms with E-state index in [-0.39, 0.29) is 12.4 Å². The number of carboxylic acid groups (broad SMARTS) is 1. The normalized spacial score (nSPS) is 25.0. The van der Waals surface area contributed by atoms with Gasteiger partial charge in [-0.2, -0.15) is 0 Å². The Morgan fingerprint density at radius 2 is 2.05 bits per heavy atom. The molecule has 0 unspecified atom stereocenters. The zero-order valence-electron chi connectivity index (χ0n) is 11.1. The number of furan rings is 1. The van der Waals surface area contributed by atoms with Crippen LogP contribution in [0.1, 0.15) is 42.7 Å². The van der Waals surface area contributed by atoms with Crippen molar-refractivity contribution in [1.82, 2.24) is 4.90 Å². The minimum absolute atomic E-state index is 0.0434. The third kappa shape index (κ3) is 2.00. The van der Waals surface area contributed by atoms with Crippen LogP contribution < -0.4 is 0 Å². The molecule has 1 aliphatic carbocycles. The first-order chi connectivity index (χ1) is 9.64. The Hall–Kier alpha value is -1.82. The number of carbonyl (C=O) groups is 2. The van der Waals surface area contributed by atoms with Gasteiger partial charge < -0.3 is 14.3 Å². The molecule has 20 heavy (non-hydrogen) atoms. The fourth-order valence-electron chi connectivity index (χ4n) is 3.18. The number of hydrogen-bond donors (Lipinski definition) is 1. The highest BCUT2D eigenvalue weighted by Gasteiger charge is 2.53. The summed E-state index contributed by atoms with van der Waals surface area (Å²) in [6.45, 7) is 0.0434. The third-order valence-corrected chi connectivity index (χ3v) is 4.13. The van der Waals surface area contributed by atoms with Crippen LogP contribution in [0.5, 0.6) is 0 Å². The number of carbonyl (C=O) groups excluding carboxylic acids is 1. The quantitative estimate of drug-likeness (QED) is 0.893. The van der Waals surface area contributed by atoms with E-state index in [1.54, 1.807) is 12.1 Å². The van der Waals surface area contributed by atoms with Gasteiger partial charge in [0.1, 0.15) is 5.72 Å². The molecule has 1 saturated heterocycles. The van der Waals surface area contributed by atoms with Gasteiger partial charge in [0.2, 0.25) is 0 Å². The summed E-state index contributed by atoms with van der Waals surface area (Å²) in [4.78, 5) is 25.4. The Kier molecular flexibility index (Phi) is 3.25. The van der Waals surface area contributed by atoms with Crippen LogP contribution in [-0.4, -0.2) is 40.3 Å². The molecule has 1 aliphatic heterocycles. The first-order valence-corrected chi connectivity index (χ1v) is 6.88. The predicted molar refractivity (Wildman–Crippen MR) is 68.1 cm³/mol. The van der Waals surface area contributed by atoms with Crippen molar-refractivity contribution in [3.63, 3.8) is 0 Å². The molecule has 1 N–H and O–H groups in total. The Labute approximate surface area is 116 Å². The van der Waals surface area contributed by atoms with Gasteiger partial charge in [0, 0.05) is 0 Å². The molecule has 1 aromatic heterocycles. The molecule has 2 heterocycles. The van der Waals surface area contributed by atoms with E-state index in [9.17, 15) is 14.7 Å². The third-order valence-electron chi connectivity index (χ3n) is 4.13. The number of carboxylic acids is 1. The average Bonchev–Trinajstić information content (AvgIpc) is 3.07. The number of hydrogen-bond acceptors (Lipinski definition) is 4. The van der Waals surface area contributed by atoms with Crippen LogP contribution in [0.4, 0.5) is 0 Å². The van der Waals surface area contributed by atoms with Crippen LogP contribution in [0.25, 0.3) is 0 Å². The minimum Gasteiger partial charge on any atom is -0.480 e. The molecule has 3 rings (SSSR count). The maximum atomic E-state index is 12.6. The summed E-state index contributed by atoms with van der Waals surface area (Å²) in [7, 11) is 0. The maximum Gasteiger partial charge on any atom is 0.328 e. The van der Waals surface area contributed by atoms with Crippen LogP contribution in [0.3, 0.4) is 0 Å². The molecule has 2 fully saturated rings. The number of rotatable bonds is 2. The lowest BCUT2D eigenvalue weighted by Gasteiger charge is -2.40. The topological polar surface area (TPSA) is 80.0 Å². The van der Waals surface area contributed by atoms with Gasteiger partial charge in [-0.3, -0.25) is 9.69 Å². The lowest BCUT2D eigenvalue weighted by Crippen LogP contribution is -2.54. The van der Waals surface area contributed by atoms with Crippen molar-refractivity contribution >= 4 is 11.9 Å². The van der Waals surface area contributed by atoms with Gasteiger partial charge in [0.25, 0.3) is 5.91 Å². The summed E-state index contributed by atoms with van der Waals surface area (Å²) >= 11 is 0. The van der Waals surface area contributed by atoms with Gasteiger partial charge in [-0.25, -0.2) is 4.79 Å². The van der Waals surface area contributed by atoms with E-state index in [1.165, 1.54) is 11.2 Å². The molecule has 1 amide bonds. The zero-order valence-corrected chi connectivity index (χ0v) is 11.1. The van der Waals surface area contributed by atoms with Gasteiger partial charge in [0.15, 0.2) is 11.8 Å². The van der Waals surface area contributed by atoms with Gasteiger partial charge in [0.05, 0.1) is 12.9 Å². The van der Waals surface area contributed by atoms with E-state index in [1.807, 2.05) is 0 Å². The molecule has 0 bridgehead atoms. The van der Waals surface area contributed by atoms with Crippen LogP contribution in [-0.2, 0) is 9.53 Å². The molecule has 1 saturated carbocycles. The van der Waals surface area contributed by atoms with Crippen molar-refractivity contribution in [2.75, 3.05) is 6.61 Å². The molecule has 0 radical (unpaired) electrons. The molecule has 6 heteroatoms. The van der Waals surface area contributed by atoms with E-state index >= 15 is 0 Å². The van der Waals surface area contributed by atoms with Crippen LogP contribution in [0.15, 0.2) is 22.8 Å². The minimum atomic E-state index is -1.03. The van der Waals surface area contributed by atoms with Crippen LogP contribution in [0, 0.1) is 0 Å². The first kappa shape index (κ1) is 13.2. The smallest absolute Gasteiger partial charge is 0.328 e. The van der Waals surface area contributed by atoms with Gasteiger partial charge >= 0.3 is 5.97 Å². The van der Waals surface area contributed by atoms with Gasteiger partial charge in [-0.15, -0.1) is 0 Å². The second-order valence-electron chi connectivity index (χ2n) is 5.32. The summed E-state index contributed by atoms with van der Waals surface area (Å²) in [5, 5.41) is 9.34. The van der Waals surface area contributed by atoms with Crippen molar-refractivity contribution in [2.24, 2.45) is 0 Å². The van der Waals surface area contributed by atoms with Crippen molar-refractivity contribution in [3.8, 4) is 0 Å². The number of amides is 1. The molecule has 2 aliphatic rings. The summed E-state index contributed by atoms with van der Waals surface area (Å²) in [5.74, 6) is -1.28.